The van der Waals surface area contributed by atoms with E-state index >= 15 is 0 Å². The number of sulfonamides is 1. The number of benzene rings is 3. The first-order chi connectivity index (χ1) is 17.2. The summed E-state index contributed by atoms with van der Waals surface area (Å²) in [6, 6.07) is 23.2. The zero-order chi connectivity index (χ0) is 25.7. The van der Waals surface area contributed by atoms with E-state index in [1.165, 1.54) is 30.0 Å². The summed E-state index contributed by atoms with van der Waals surface area (Å²) in [4.78, 5) is 17.0. The molecule has 190 valence electrons. The molecule has 0 radical (unpaired) electrons. The van der Waals surface area contributed by atoms with Gasteiger partial charge in [-0.05, 0) is 42.0 Å². The van der Waals surface area contributed by atoms with Gasteiger partial charge < -0.3 is 9.80 Å². The van der Waals surface area contributed by atoms with Crippen LogP contribution in [0.5, 0.6) is 0 Å². The van der Waals surface area contributed by atoms with Gasteiger partial charge in [-0.1, -0.05) is 30.3 Å². The highest BCUT2D eigenvalue weighted by molar-refractivity contribution is 7.89. The van der Waals surface area contributed by atoms with Gasteiger partial charge in [-0.15, -0.1) is 0 Å². The minimum absolute atomic E-state index is 0.00343. The molecule has 1 unspecified atom stereocenters. The Kier molecular flexibility index (Phi) is 7.88. The number of nitrogens with zero attached hydrogens (tertiary/aromatic N) is 4. The van der Waals surface area contributed by atoms with Gasteiger partial charge in [-0.25, -0.2) is 13.1 Å². The topological polar surface area (TPSA) is 99.0 Å². The maximum atomic E-state index is 13.0. The number of nitro benzene ring substituents is 1. The monoisotopic (exact) mass is 509 g/mol. The molecule has 10 heteroatoms. The molecule has 0 aromatic heterocycles. The molecule has 1 fully saturated rings. The van der Waals surface area contributed by atoms with Gasteiger partial charge in [0.05, 0.1) is 9.82 Å². The second-order valence-corrected chi connectivity index (χ2v) is 10.7. The lowest BCUT2D eigenvalue weighted by Crippen LogP contribution is -2.49. The number of rotatable bonds is 9. The van der Waals surface area contributed by atoms with Crippen LogP contribution in [0, 0.1) is 10.1 Å². The van der Waals surface area contributed by atoms with Crippen LogP contribution in [0.25, 0.3) is 0 Å². The lowest BCUT2D eigenvalue weighted by molar-refractivity contribution is -0.384. The quantitative estimate of drug-likeness (QED) is 0.348. The predicted octanol–water partition coefficient (Wildman–Crippen LogP) is 3.50. The lowest BCUT2D eigenvalue weighted by Gasteiger charge is -2.40. The van der Waals surface area contributed by atoms with Crippen LogP contribution >= 0.6 is 0 Å². The van der Waals surface area contributed by atoms with Crippen molar-refractivity contribution in [3.05, 3.63) is 94.5 Å². The first-order valence-electron chi connectivity index (χ1n) is 11.8. The molecule has 3 aromatic rings. The van der Waals surface area contributed by atoms with Crippen LogP contribution in [0.2, 0.25) is 0 Å². The van der Waals surface area contributed by atoms with Crippen LogP contribution in [0.15, 0.2) is 83.8 Å². The summed E-state index contributed by atoms with van der Waals surface area (Å²) >= 11 is 0. The van der Waals surface area contributed by atoms with Crippen LogP contribution in [-0.2, 0) is 10.0 Å². The fourth-order valence-electron chi connectivity index (χ4n) is 4.40. The fourth-order valence-corrected chi connectivity index (χ4v) is 5.44. The number of nitrogens with one attached hydrogen (secondary N) is 1. The molecule has 1 N–H and O–H groups in total. The summed E-state index contributed by atoms with van der Waals surface area (Å²) in [7, 11) is 0.122. The van der Waals surface area contributed by atoms with E-state index in [0.717, 1.165) is 37.4 Å². The molecule has 1 heterocycles. The highest BCUT2D eigenvalue weighted by atomic mass is 32.2. The third-order valence-electron chi connectivity index (χ3n) is 6.50. The first-order valence-corrected chi connectivity index (χ1v) is 13.3. The SMILES string of the molecule is CN(C)c1ccc(C(CNS(=O)(=O)c2ccc([N+](=O)[O-])cc2)N2CCN(c3ccccc3)CC2)cc1. The minimum atomic E-state index is -3.84. The summed E-state index contributed by atoms with van der Waals surface area (Å²) in [5.74, 6) is 0. The molecule has 0 aliphatic carbocycles. The molecule has 3 aromatic carbocycles. The van der Waals surface area contributed by atoms with Crippen molar-refractivity contribution in [1.82, 2.24) is 9.62 Å². The highest BCUT2D eigenvalue weighted by Gasteiger charge is 2.27. The summed E-state index contributed by atoms with van der Waals surface area (Å²) in [6.07, 6.45) is 0. The number of anilines is 2. The Morgan fingerprint density at radius 3 is 2.08 bits per heavy atom. The van der Waals surface area contributed by atoms with E-state index in [1.54, 1.807) is 0 Å². The van der Waals surface area contributed by atoms with Crippen LogP contribution in [0.4, 0.5) is 17.1 Å². The van der Waals surface area contributed by atoms with Gasteiger partial charge in [0.15, 0.2) is 0 Å². The molecular formula is C26H31N5O4S. The zero-order valence-electron chi connectivity index (χ0n) is 20.4. The van der Waals surface area contributed by atoms with E-state index in [-0.39, 0.29) is 23.2 Å². The number of para-hydroxylation sites is 1. The van der Waals surface area contributed by atoms with Gasteiger partial charge in [0.2, 0.25) is 10.0 Å². The normalized spacial score (nSPS) is 15.4. The van der Waals surface area contributed by atoms with Crippen molar-refractivity contribution in [2.75, 3.05) is 56.6 Å². The zero-order valence-corrected chi connectivity index (χ0v) is 21.3. The summed E-state index contributed by atoms with van der Waals surface area (Å²) in [5.41, 5.74) is 3.13. The molecule has 9 nitrogen and oxygen atoms in total. The molecule has 0 amide bonds. The Morgan fingerprint density at radius 1 is 0.917 bits per heavy atom. The Balaban J connectivity index is 1.52. The number of nitro groups is 1. The van der Waals surface area contributed by atoms with Gasteiger partial charge in [-0.2, -0.15) is 0 Å². The van der Waals surface area contributed by atoms with Crippen LogP contribution < -0.4 is 14.5 Å². The van der Waals surface area contributed by atoms with Gasteiger partial charge >= 0.3 is 0 Å². The predicted molar refractivity (Wildman–Crippen MR) is 142 cm³/mol. The number of piperazine rings is 1. The highest BCUT2D eigenvalue weighted by Crippen LogP contribution is 2.26. The average Bonchev–Trinajstić information content (AvgIpc) is 2.90. The Morgan fingerprint density at radius 2 is 1.53 bits per heavy atom. The van der Waals surface area contributed by atoms with Crippen molar-refractivity contribution in [2.24, 2.45) is 0 Å². The molecule has 0 spiro atoms. The van der Waals surface area contributed by atoms with E-state index in [4.69, 9.17) is 0 Å². The standard InChI is InChI=1S/C26H31N5O4S/c1-28(2)22-10-8-21(9-11-22)26(30-18-16-29(17-19-30)23-6-4-3-5-7-23)20-27-36(34,35)25-14-12-24(13-15-25)31(32)33/h3-15,26-27H,16-20H2,1-2H3. The fraction of sp³-hybridized carbons (Fsp3) is 0.308. The van der Waals surface area contributed by atoms with Crippen molar-refractivity contribution >= 4 is 27.1 Å². The van der Waals surface area contributed by atoms with Crippen LogP contribution in [0.3, 0.4) is 0 Å². The second-order valence-electron chi connectivity index (χ2n) is 8.96. The van der Waals surface area contributed by atoms with Gasteiger partial charge in [0.25, 0.3) is 5.69 Å². The minimum Gasteiger partial charge on any atom is -0.378 e. The van der Waals surface area contributed by atoms with E-state index in [1.807, 2.05) is 61.5 Å². The molecular weight excluding hydrogens is 478 g/mol. The lowest BCUT2D eigenvalue weighted by atomic mass is 10.0. The molecule has 36 heavy (non-hydrogen) atoms. The van der Waals surface area contributed by atoms with E-state index < -0.39 is 14.9 Å². The van der Waals surface area contributed by atoms with Gasteiger partial charge in [-0.3, -0.25) is 15.0 Å². The second kappa shape index (κ2) is 11.1. The molecule has 1 atom stereocenters. The van der Waals surface area contributed by atoms with Crippen molar-refractivity contribution < 1.29 is 13.3 Å². The number of hydrogen-bond donors (Lipinski definition) is 1. The summed E-state index contributed by atoms with van der Waals surface area (Å²) < 4.78 is 28.7. The van der Waals surface area contributed by atoms with Crippen LogP contribution in [0.1, 0.15) is 11.6 Å². The molecule has 0 bridgehead atoms. The van der Waals surface area contributed by atoms with Crippen LogP contribution in [-0.4, -0.2) is 65.1 Å². The Labute approximate surface area is 212 Å². The third kappa shape index (κ3) is 6.01. The summed E-state index contributed by atoms with van der Waals surface area (Å²) in [6.45, 7) is 3.44. The number of non-ortho nitro benzene ring substituents is 1. The average molecular weight is 510 g/mol. The Hall–Kier alpha value is -3.47. The molecule has 1 saturated heterocycles. The molecule has 4 rings (SSSR count). The first kappa shape index (κ1) is 25.6. The number of hydrogen-bond acceptors (Lipinski definition) is 7. The molecule has 1 aliphatic heterocycles. The third-order valence-corrected chi connectivity index (χ3v) is 7.93. The molecule has 1 aliphatic rings. The van der Waals surface area contributed by atoms with E-state index in [9.17, 15) is 18.5 Å². The maximum Gasteiger partial charge on any atom is 0.269 e. The van der Waals surface area contributed by atoms with Gasteiger partial charge in [0, 0.05) is 76.4 Å². The van der Waals surface area contributed by atoms with Crippen molar-refractivity contribution in [2.45, 2.75) is 10.9 Å². The van der Waals surface area contributed by atoms with Crippen molar-refractivity contribution in [1.29, 1.82) is 0 Å². The largest absolute Gasteiger partial charge is 0.378 e. The van der Waals surface area contributed by atoms with E-state index in [0.29, 0.717) is 0 Å². The summed E-state index contributed by atoms with van der Waals surface area (Å²) in [5, 5.41) is 10.9. The van der Waals surface area contributed by atoms with Crippen molar-refractivity contribution in [3.8, 4) is 0 Å². The van der Waals surface area contributed by atoms with Gasteiger partial charge in [0.1, 0.15) is 0 Å². The van der Waals surface area contributed by atoms with E-state index in [2.05, 4.69) is 26.7 Å². The smallest absolute Gasteiger partial charge is 0.269 e. The Bertz CT molecular complexity index is 1260. The molecule has 0 saturated carbocycles. The van der Waals surface area contributed by atoms with Crippen molar-refractivity contribution in [3.63, 3.8) is 0 Å². The maximum absolute atomic E-state index is 13.0.